The van der Waals surface area contributed by atoms with Gasteiger partial charge in [-0.3, -0.25) is 4.79 Å². The lowest BCUT2D eigenvalue weighted by molar-refractivity contribution is -0.117. The molecule has 2 aromatic rings. The largest absolute Gasteiger partial charge is 0.316 e. The number of carbonyl (C=O) groups is 1. The summed E-state index contributed by atoms with van der Waals surface area (Å²) in [5.41, 5.74) is 6.61. The smallest absolute Gasteiger partial charge is 0.247 e. The minimum Gasteiger partial charge on any atom is -0.316 e. The van der Waals surface area contributed by atoms with E-state index in [1.165, 1.54) is 11.3 Å². The summed E-state index contributed by atoms with van der Waals surface area (Å²) < 4.78 is 0. The predicted molar refractivity (Wildman–Crippen MR) is 64.1 cm³/mol. The monoisotopic (exact) mass is 233 g/mol. The van der Waals surface area contributed by atoms with Crippen molar-refractivity contribution in [1.82, 2.24) is 4.98 Å². The van der Waals surface area contributed by atoms with Gasteiger partial charge in [0.05, 0.1) is 0 Å². The van der Waals surface area contributed by atoms with Gasteiger partial charge in [-0.05, 0) is 5.56 Å². The number of nitrogens with one attached hydrogen (secondary N) is 1. The number of rotatable bonds is 3. The lowest BCUT2D eigenvalue weighted by Gasteiger charge is -2.10. The first-order valence-corrected chi connectivity index (χ1v) is 5.66. The zero-order valence-corrected chi connectivity index (χ0v) is 9.28. The minimum absolute atomic E-state index is 0.249. The van der Waals surface area contributed by atoms with Crippen LogP contribution in [0, 0.1) is 0 Å². The second-order valence-corrected chi connectivity index (χ2v) is 4.11. The van der Waals surface area contributed by atoms with Crippen molar-refractivity contribution in [2.75, 3.05) is 5.32 Å². The van der Waals surface area contributed by atoms with Crippen LogP contribution in [0.25, 0.3) is 0 Å². The molecule has 0 bridgehead atoms. The molecule has 1 aromatic carbocycles. The number of amides is 1. The highest BCUT2D eigenvalue weighted by atomic mass is 32.1. The second-order valence-electron chi connectivity index (χ2n) is 3.21. The Labute approximate surface area is 97.1 Å². The van der Waals surface area contributed by atoms with Crippen molar-refractivity contribution in [3.63, 3.8) is 0 Å². The van der Waals surface area contributed by atoms with Crippen molar-refractivity contribution in [1.29, 1.82) is 0 Å². The molecule has 0 radical (unpaired) electrons. The van der Waals surface area contributed by atoms with Crippen molar-refractivity contribution in [2.24, 2.45) is 5.73 Å². The van der Waals surface area contributed by atoms with E-state index in [1.54, 1.807) is 11.6 Å². The van der Waals surface area contributed by atoms with Crippen LogP contribution in [0.2, 0.25) is 0 Å². The molecule has 1 amide bonds. The van der Waals surface area contributed by atoms with Gasteiger partial charge in [0, 0.05) is 11.6 Å². The van der Waals surface area contributed by atoms with Crippen molar-refractivity contribution < 1.29 is 4.79 Å². The van der Waals surface area contributed by atoms with Crippen molar-refractivity contribution in [2.45, 2.75) is 6.04 Å². The average molecular weight is 233 g/mol. The number of thiazole rings is 1. The Balaban J connectivity index is 2.05. The topological polar surface area (TPSA) is 68.0 Å². The molecule has 1 atom stereocenters. The van der Waals surface area contributed by atoms with E-state index < -0.39 is 6.04 Å². The van der Waals surface area contributed by atoms with E-state index >= 15 is 0 Å². The van der Waals surface area contributed by atoms with Gasteiger partial charge in [-0.1, -0.05) is 30.3 Å². The summed E-state index contributed by atoms with van der Waals surface area (Å²) >= 11 is 1.37. The number of nitrogens with two attached hydrogens (primary N) is 1. The van der Waals surface area contributed by atoms with Gasteiger partial charge in [0.25, 0.3) is 0 Å². The molecule has 5 heteroatoms. The SMILES string of the molecule is NC(C(=O)Nc1nccs1)c1ccccc1. The van der Waals surface area contributed by atoms with E-state index in [0.717, 1.165) is 5.56 Å². The summed E-state index contributed by atoms with van der Waals surface area (Å²) in [7, 11) is 0. The first kappa shape index (κ1) is 10.8. The maximum absolute atomic E-state index is 11.7. The standard InChI is InChI=1S/C11H11N3OS/c12-9(8-4-2-1-3-5-8)10(15)14-11-13-6-7-16-11/h1-7,9H,12H2,(H,13,14,15). The lowest BCUT2D eigenvalue weighted by Crippen LogP contribution is -2.27. The molecule has 1 aromatic heterocycles. The molecule has 4 nitrogen and oxygen atoms in total. The number of hydrogen-bond acceptors (Lipinski definition) is 4. The highest BCUT2D eigenvalue weighted by Crippen LogP contribution is 2.15. The van der Waals surface area contributed by atoms with Crippen molar-refractivity contribution in [3.05, 3.63) is 47.5 Å². The predicted octanol–water partition coefficient (Wildman–Crippen LogP) is 1.78. The Morgan fingerprint density at radius 2 is 2.12 bits per heavy atom. The second kappa shape index (κ2) is 4.87. The van der Waals surface area contributed by atoms with Gasteiger partial charge in [0.1, 0.15) is 6.04 Å². The van der Waals surface area contributed by atoms with Crippen molar-refractivity contribution in [3.8, 4) is 0 Å². The number of carbonyl (C=O) groups excluding carboxylic acids is 1. The van der Waals surface area contributed by atoms with E-state index in [9.17, 15) is 4.79 Å². The quantitative estimate of drug-likeness (QED) is 0.849. The molecule has 82 valence electrons. The van der Waals surface area contributed by atoms with Crippen molar-refractivity contribution >= 4 is 22.4 Å². The van der Waals surface area contributed by atoms with E-state index in [4.69, 9.17) is 5.73 Å². The van der Waals surface area contributed by atoms with Crippen LogP contribution >= 0.6 is 11.3 Å². The molecule has 0 saturated carbocycles. The van der Waals surface area contributed by atoms with Crippen LogP contribution in [0.3, 0.4) is 0 Å². The van der Waals surface area contributed by atoms with Gasteiger partial charge in [-0.15, -0.1) is 11.3 Å². The fourth-order valence-electron chi connectivity index (χ4n) is 1.28. The fraction of sp³-hybridized carbons (Fsp3) is 0.0909. The molecule has 1 heterocycles. The van der Waals surface area contributed by atoms with E-state index in [-0.39, 0.29) is 5.91 Å². The number of aromatic nitrogens is 1. The summed E-state index contributed by atoms with van der Waals surface area (Å²) in [5, 5.41) is 5.03. The zero-order chi connectivity index (χ0) is 11.4. The molecule has 3 N–H and O–H groups in total. The van der Waals surface area contributed by atoms with E-state index in [2.05, 4.69) is 10.3 Å². The number of nitrogens with zero attached hydrogens (tertiary/aromatic N) is 1. The highest BCUT2D eigenvalue weighted by molar-refractivity contribution is 7.13. The first-order chi connectivity index (χ1) is 7.77. The Morgan fingerprint density at radius 3 is 2.75 bits per heavy atom. The average Bonchev–Trinajstić information content (AvgIpc) is 2.82. The summed E-state index contributed by atoms with van der Waals surface area (Å²) in [6.45, 7) is 0. The number of benzene rings is 1. The van der Waals surface area contributed by atoms with Gasteiger partial charge in [-0.2, -0.15) is 0 Å². The molecule has 0 saturated heterocycles. The third-order valence-electron chi connectivity index (χ3n) is 2.10. The normalized spacial score (nSPS) is 12.1. The number of hydrogen-bond donors (Lipinski definition) is 2. The Kier molecular flexibility index (Phi) is 3.28. The Bertz CT molecular complexity index is 455. The van der Waals surface area contributed by atoms with Crippen LogP contribution in [0.1, 0.15) is 11.6 Å². The molecule has 0 aliphatic heterocycles. The molecule has 0 spiro atoms. The number of anilines is 1. The van der Waals surface area contributed by atoms with Gasteiger partial charge in [0.2, 0.25) is 5.91 Å². The summed E-state index contributed by atoms with van der Waals surface area (Å²) in [5.74, 6) is -0.249. The third kappa shape index (κ3) is 2.44. The molecule has 2 rings (SSSR count). The lowest BCUT2D eigenvalue weighted by atomic mass is 10.1. The molecule has 16 heavy (non-hydrogen) atoms. The molecule has 0 aliphatic carbocycles. The maximum atomic E-state index is 11.7. The highest BCUT2D eigenvalue weighted by Gasteiger charge is 2.15. The van der Waals surface area contributed by atoms with E-state index in [1.807, 2.05) is 30.3 Å². The summed E-state index contributed by atoms with van der Waals surface area (Å²) in [6.07, 6.45) is 1.63. The Morgan fingerprint density at radius 1 is 1.38 bits per heavy atom. The summed E-state index contributed by atoms with van der Waals surface area (Å²) in [6, 6.07) is 8.58. The van der Waals surface area contributed by atoms with Gasteiger partial charge >= 0.3 is 0 Å². The van der Waals surface area contributed by atoms with Crippen LogP contribution in [-0.2, 0) is 4.79 Å². The van der Waals surface area contributed by atoms with Gasteiger partial charge in [-0.25, -0.2) is 4.98 Å². The molecular formula is C11H11N3OS. The molecule has 1 unspecified atom stereocenters. The van der Waals surface area contributed by atoms with Gasteiger partial charge < -0.3 is 11.1 Å². The molecule has 0 aliphatic rings. The van der Waals surface area contributed by atoms with Gasteiger partial charge in [0.15, 0.2) is 5.13 Å². The van der Waals surface area contributed by atoms with Crippen LogP contribution in [0.5, 0.6) is 0 Å². The fourth-order valence-corrected chi connectivity index (χ4v) is 1.81. The van der Waals surface area contributed by atoms with Crippen LogP contribution in [-0.4, -0.2) is 10.9 Å². The van der Waals surface area contributed by atoms with Crippen LogP contribution in [0.4, 0.5) is 5.13 Å². The summed E-state index contributed by atoms with van der Waals surface area (Å²) in [4.78, 5) is 15.7. The molecule has 0 fully saturated rings. The Hall–Kier alpha value is -1.72. The van der Waals surface area contributed by atoms with E-state index in [0.29, 0.717) is 5.13 Å². The first-order valence-electron chi connectivity index (χ1n) is 4.78. The van der Waals surface area contributed by atoms with Crippen LogP contribution < -0.4 is 11.1 Å². The maximum Gasteiger partial charge on any atom is 0.247 e. The third-order valence-corrected chi connectivity index (χ3v) is 2.79. The molecular weight excluding hydrogens is 222 g/mol. The zero-order valence-electron chi connectivity index (χ0n) is 8.46. The van der Waals surface area contributed by atoms with Crippen LogP contribution in [0.15, 0.2) is 41.9 Å². The minimum atomic E-state index is -0.662.